The summed E-state index contributed by atoms with van der Waals surface area (Å²) in [5, 5.41) is 2.80. The van der Waals surface area contributed by atoms with E-state index < -0.39 is 0 Å². The number of nitrogens with zero attached hydrogens (tertiary/aromatic N) is 3. The van der Waals surface area contributed by atoms with Gasteiger partial charge < -0.3 is 14.8 Å². The highest BCUT2D eigenvalue weighted by Gasteiger charge is 2.24. The van der Waals surface area contributed by atoms with Crippen LogP contribution in [0.15, 0.2) is 36.9 Å². The van der Waals surface area contributed by atoms with Crippen molar-refractivity contribution in [3.05, 3.63) is 42.7 Å². The van der Waals surface area contributed by atoms with Gasteiger partial charge >= 0.3 is 0 Å². The maximum Gasteiger partial charge on any atom is 0.243 e. The minimum absolute atomic E-state index is 0.128. The molecule has 1 aromatic heterocycles. The van der Waals surface area contributed by atoms with Gasteiger partial charge in [-0.15, -0.1) is 0 Å². The third kappa shape index (κ3) is 5.46. The molecule has 1 aliphatic heterocycles. The summed E-state index contributed by atoms with van der Waals surface area (Å²) >= 11 is 0. The average molecular weight is 397 g/mol. The van der Waals surface area contributed by atoms with Crippen LogP contribution in [0.2, 0.25) is 0 Å². The number of aryl methyl sites for hydroxylation is 1. The van der Waals surface area contributed by atoms with E-state index in [1.807, 2.05) is 29.2 Å². The van der Waals surface area contributed by atoms with Crippen LogP contribution in [0.1, 0.15) is 51.3 Å². The summed E-state index contributed by atoms with van der Waals surface area (Å²) < 4.78 is 2.10. The van der Waals surface area contributed by atoms with E-state index in [0.717, 1.165) is 61.9 Å². The van der Waals surface area contributed by atoms with Crippen LogP contribution in [0.4, 0.5) is 0 Å². The maximum absolute atomic E-state index is 13.0. The van der Waals surface area contributed by atoms with E-state index in [0.29, 0.717) is 19.1 Å². The van der Waals surface area contributed by atoms with Crippen molar-refractivity contribution < 1.29 is 9.59 Å². The zero-order chi connectivity index (χ0) is 20.6. The lowest BCUT2D eigenvalue weighted by molar-refractivity contribution is -0.135. The lowest BCUT2D eigenvalue weighted by Crippen LogP contribution is -2.43. The first-order valence-electron chi connectivity index (χ1n) is 10.7. The van der Waals surface area contributed by atoms with Crippen molar-refractivity contribution in [3.63, 3.8) is 0 Å². The van der Waals surface area contributed by atoms with Crippen LogP contribution >= 0.6 is 0 Å². The van der Waals surface area contributed by atoms with Gasteiger partial charge in [0.05, 0.1) is 11.0 Å². The molecule has 0 aliphatic carbocycles. The summed E-state index contributed by atoms with van der Waals surface area (Å²) in [5.41, 5.74) is 1.97. The number of para-hydroxylation sites is 2. The molecule has 1 unspecified atom stereocenters. The third-order valence-corrected chi connectivity index (χ3v) is 5.71. The molecule has 1 N–H and O–H groups in total. The fourth-order valence-corrected chi connectivity index (χ4v) is 4.06. The Morgan fingerprint density at radius 1 is 1.24 bits per heavy atom. The number of unbranched alkanes of at least 4 members (excludes halogenated alkanes) is 2. The highest BCUT2D eigenvalue weighted by molar-refractivity contribution is 5.86. The molecule has 6 heteroatoms. The molecule has 1 fully saturated rings. The zero-order valence-corrected chi connectivity index (χ0v) is 17.4. The Morgan fingerprint density at radius 2 is 2.07 bits per heavy atom. The molecule has 29 heavy (non-hydrogen) atoms. The molecule has 1 aromatic carbocycles. The SMILES string of the molecule is C=CC(=O)NCCCCCc1nc2ccccc2n1CC(=O)N1CCCCC1C. The fourth-order valence-electron chi connectivity index (χ4n) is 4.06. The normalized spacial score (nSPS) is 16.7. The van der Waals surface area contributed by atoms with Gasteiger partial charge in [-0.1, -0.05) is 25.1 Å². The van der Waals surface area contributed by atoms with Gasteiger partial charge in [0.2, 0.25) is 11.8 Å². The molecule has 1 atom stereocenters. The number of carbonyl (C=O) groups excluding carboxylic acids is 2. The molecular formula is C23H32N4O2. The van der Waals surface area contributed by atoms with Crippen molar-refractivity contribution in [3.8, 4) is 0 Å². The number of likely N-dealkylation sites (tertiary alicyclic amines) is 1. The molecule has 156 valence electrons. The Hall–Kier alpha value is -2.63. The Balaban J connectivity index is 1.63. The number of piperidine rings is 1. The van der Waals surface area contributed by atoms with Gasteiger partial charge in [0.25, 0.3) is 0 Å². The number of nitrogens with one attached hydrogen (secondary N) is 1. The van der Waals surface area contributed by atoms with E-state index in [9.17, 15) is 9.59 Å². The molecule has 0 bridgehead atoms. The quantitative estimate of drug-likeness (QED) is 0.521. The number of rotatable bonds is 9. The van der Waals surface area contributed by atoms with Crippen molar-refractivity contribution in [1.82, 2.24) is 19.8 Å². The van der Waals surface area contributed by atoms with Crippen molar-refractivity contribution in [2.75, 3.05) is 13.1 Å². The lowest BCUT2D eigenvalue weighted by atomic mass is 10.0. The van der Waals surface area contributed by atoms with E-state index in [1.54, 1.807) is 0 Å². The first kappa shape index (κ1) is 21.1. The molecule has 0 saturated carbocycles. The molecule has 1 aliphatic rings. The topological polar surface area (TPSA) is 67.2 Å². The van der Waals surface area contributed by atoms with Gasteiger partial charge in [-0.3, -0.25) is 9.59 Å². The van der Waals surface area contributed by atoms with Gasteiger partial charge in [-0.25, -0.2) is 4.98 Å². The minimum Gasteiger partial charge on any atom is -0.353 e. The predicted octanol–water partition coefficient (Wildman–Crippen LogP) is 3.45. The number of amides is 2. The second kappa shape index (κ2) is 10.2. The van der Waals surface area contributed by atoms with Gasteiger partial charge in [0.15, 0.2) is 0 Å². The molecule has 2 amide bonds. The molecule has 6 nitrogen and oxygen atoms in total. The number of aromatic nitrogens is 2. The van der Waals surface area contributed by atoms with Crippen molar-refractivity contribution in [2.24, 2.45) is 0 Å². The van der Waals surface area contributed by atoms with Crippen LogP contribution in [0.5, 0.6) is 0 Å². The molecule has 2 aromatic rings. The number of hydrogen-bond donors (Lipinski definition) is 1. The van der Waals surface area contributed by atoms with Crippen LogP contribution in [-0.2, 0) is 22.6 Å². The summed E-state index contributed by atoms with van der Waals surface area (Å²) in [6, 6.07) is 8.36. The number of imidazole rings is 1. The monoisotopic (exact) mass is 396 g/mol. The number of benzene rings is 1. The number of hydrogen-bond acceptors (Lipinski definition) is 3. The molecule has 3 rings (SSSR count). The van der Waals surface area contributed by atoms with Crippen molar-refractivity contribution in [1.29, 1.82) is 0 Å². The summed E-state index contributed by atoms with van der Waals surface area (Å²) in [6.07, 6.45) is 8.40. The van der Waals surface area contributed by atoms with Crippen LogP contribution in [0, 0.1) is 0 Å². The zero-order valence-electron chi connectivity index (χ0n) is 17.4. The van der Waals surface area contributed by atoms with Crippen LogP contribution in [-0.4, -0.2) is 45.4 Å². The van der Waals surface area contributed by atoms with E-state index in [2.05, 4.69) is 23.4 Å². The Morgan fingerprint density at radius 3 is 2.86 bits per heavy atom. The number of carbonyl (C=O) groups is 2. The van der Waals surface area contributed by atoms with Gasteiger partial charge in [0.1, 0.15) is 12.4 Å². The first-order chi connectivity index (χ1) is 14.1. The predicted molar refractivity (Wildman–Crippen MR) is 116 cm³/mol. The van der Waals surface area contributed by atoms with Crippen LogP contribution in [0.25, 0.3) is 11.0 Å². The van der Waals surface area contributed by atoms with Gasteiger partial charge in [-0.05, 0) is 57.2 Å². The highest BCUT2D eigenvalue weighted by Crippen LogP contribution is 2.21. The second-order valence-electron chi connectivity index (χ2n) is 7.84. The molecular weight excluding hydrogens is 364 g/mol. The average Bonchev–Trinajstić information content (AvgIpc) is 3.08. The van der Waals surface area contributed by atoms with Crippen molar-refractivity contribution >= 4 is 22.8 Å². The maximum atomic E-state index is 13.0. The summed E-state index contributed by atoms with van der Waals surface area (Å²) in [4.78, 5) is 31.0. The number of fused-ring (bicyclic) bond motifs is 1. The Bertz CT molecular complexity index is 858. The highest BCUT2D eigenvalue weighted by atomic mass is 16.2. The van der Waals surface area contributed by atoms with Crippen LogP contribution in [0.3, 0.4) is 0 Å². The standard InChI is InChI=1S/C23H32N4O2/c1-3-22(28)24-15-9-4-5-14-21-25-19-12-6-7-13-20(19)27(21)17-23(29)26-16-10-8-11-18(26)2/h3,6-7,12-13,18H,1,4-5,8-11,14-17H2,2H3,(H,24,28). The van der Waals surface area contributed by atoms with E-state index >= 15 is 0 Å². The summed E-state index contributed by atoms with van der Waals surface area (Å²) in [7, 11) is 0. The molecule has 0 radical (unpaired) electrons. The smallest absolute Gasteiger partial charge is 0.243 e. The minimum atomic E-state index is -0.128. The van der Waals surface area contributed by atoms with Gasteiger partial charge in [0, 0.05) is 25.6 Å². The van der Waals surface area contributed by atoms with Gasteiger partial charge in [-0.2, -0.15) is 0 Å². The van der Waals surface area contributed by atoms with Crippen molar-refractivity contribution in [2.45, 2.75) is 64.5 Å². The molecule has 2 heterocycles. The van der Waals surface area contributed by atoms with E-state index in [4.69, 9.17) is 4.98 Å². The Kier molecular flexibility index (Phi) is 7.44. The largest absolute Gasteiger partial charge is 0.353 e. The van der Waals surface area contributed by atoms with E-state index in [-0.39, 0.29) is 11.8 Å². The Labute approximate surface area is 173 Å². The molecule has 0 spiro atoms. The molecule has 1 saturated heterocycles. The lowest BCUT2D eigenvalue weighted by Gasteiger charge is -2.33. The summed E-state index contributed by atoms with van der Waals surface area (Å²) in [5.74, 6) is 1.03. The summed E-state index contributed by atoms with van der Waals surface area (Å²) in [6.45, 7) is 7.48. The van der Waals surface area contributed by atoms with Crippen LogP contribution < -0.4 is 5.32 Å². The fraction of sp³-hybridized carbons (Fsp3) is 0.522. The first-order valence-corrected chi connectivity index (χ1v) is 10.7. The van der Waals surface area contributed by atoms with E-state index in [1.165, 1.54) is 12.5 Å². The third-order valence-electron chi connectivity index (χ3n) is 5.71. The second-order valence-corrected chi connectivity index (χ2v) is 7.84.